The number of nitrogens with zero attached hydrogens (tertiary/aromatic N) is 1. The number of hydrogen-bond acceptors (Lipinski definition) is 4. The molecule has 4 rings (SSSR count). The predicted molar refractivity (Wildman–Crippen MR) is 120 cm³/mol. The van der Waals surface area contributed by atoms with Gasteiger partial charge in [0.1, 0.15) is 11.8 Å². The Bertz CT molecular complexity index is 888. The molecule has 2 saturated heterocycles. The van der Waals surface area contributed by atoms with Crippen LogP contribution in [-0.4, -0.2) is 48.0 Å². The Balaban J connectivity index is 1.46. The number of carbonyl (C=O) groups is 2. The summed E-state index contributed by atoms with van der Waals surface area (Å²) in [5.41, 5.74) is 0.914. The maximum atomic E-state index is 13.5. The molecular weight excluding hydrogens is 390 g/mol. The molecule has 6 heteroatoms. The van der Waals surface area contributed by atoms with Crippen LogP contribution in [0.3, 0.4) is 0 Å². The third-order valence-electron chi connectivity index (χ3n) is 6.71. The summed E-state index contributed by atoms with van der Waals surface area (Å²) < 4.78 is 0. The monoisotopic (exact) mass is 421 g/mol. The smallest absolute Gasteiger partial charge is 0.255 e. The molecule has 1 atom stereocenters. The lowest BCUT2D eigenvalue weighted by atomic mass is 9.79. The molecule has 2 amide bonds. The van der Waals surface area contributed by atoms with Crippen LogP contribution in [0.15, 0.2) is 54.6 Å². The molecule has 31 heavy (non-hydrogen) atoms. The molecule has 6 nitrogen and oxygen atoms in total. The second kappa shape index (κ2) is 9.96. The first kappa shape index (κ1) is 21.4. The van der Waals surface area contributed by atoms with E-state index in [0.717, 1.165) is 50.5 Å². The van der Waals surface area contributed by atoms with Crippen molar-refractivity contribution in [1.82, 2.24) is 15.5 Å². The quantitative estimate of drug-likeness (QED) is 0.693. The van der Waals surface area contributed by atoms with Crippen molar-refractivity contribution in [3.8, 4) is 5.75 Å². The maximum Gasteiger partial charge on any atom is 0.255 e. The number of likely N-dealkylation sites (tertiary alicyclic amines) is 1. The van der Waals surface area contributed by atoms with Crippen LogP contribution in [0.1, 0.15) is 47.6 Å². The summed E-state index contributed by atoms with van der Waals surface area (Å²) in [6.07, 6.45) is 4.49. The number of nitrogens with one attached hydrogen (secondary N) is 2. The molecule has 2 aromatic rings. The van der Waals surface area contributed by atoms with Gasteiger partial charge in [-0.1, -0.05) is 42.5 Å². The lowest BCUT2D eigenvalue weighted by Gasteiger charge is -2.39. The lowest BCUT2D eigenvalue weighted by molar-refractivity contribution is -0.135. The molecule has 3 N–H and O–H groups in total. The highest BCUT2D eigenvalue weighted by molar-refractivity contribution is 5.99. The number of phenols is 1. The normalized spacial score (nSPS) is 19.0. The summed E-state index contributed by atoms with van der Waals surface area (Å²) in [6.45, 7) is 3.64. The van der Waals surface area contributed by atoms with E-state index in [0.29, 0.717) is 5.92 Å². The minimum atomic E-state index is -0.774. The average molecular weight is 422 g/mol. The zero-order valence-electron chi connectivity index (χ0n) is 17.8. The molecule has 2 heterocycles. The number of carbonyl (C=O) groups excluding carboxylic acids is 2. The molecule has 2 aliphatic heterocycles. The second-order valence-electron chi connectivity index (χ2n) is 8.58. The van der Waals surface area contributed by atoms with Crippen molar-refractivity contribution in [2.75, 3.05) is 26.2 Å². The van der Waals surface area contributed by atoms with Gasteiger partial charge >= 0.3 is 0 Å². The van der Waals surface area contributed by atoms with Gasteiger partial charge < -0.3 is 20.6 Å². The van der Waals surface area contributed by atoms with Crippen molar-refractivity contribution in [2.24, 2.45) is 11.8 Å². The van der Waals surface area contributed by atoms with E-state index in [2.05, 4.69) is 10.6 Å². The van der Waals surface area contributed by atoms with Gasteiger partial charge in [0.25, 0.3) is 5.91 Å². The molecule has 2 aliphatic rings. The van der Waals surface area contributed by atoms with E-state index in [1.54, 1.807) is 18.2 Å². The second-order valence-corrected chi connectivity index (χ2v) is 8.58. The number of para-hydroxylation sites is 1. The van der Waals surface area contributed by atoms with Crippen LogP contribution in [0.4, 0.5) is 0 Å². The summed E-state index contributed by atoms with van der Waals surface area (Å²) in [7, 11) is 0. The van der Waals surface area contributed by atoms with Gasteiger partial charge in [0, 0.05) is 13.1 Å². The number of hydrogen-bond donors (Lipinski definition) is 3. The molecular formula is C25H31N3O3. The summed E-state index contributed by atoms with van der Waals surface area (Å²) in [5, 5.41) is 16.3. The highest BCUT2D eigenvalue weighted by atomic mass is 16.3. The Hall–Kier alpha value is -2.86. The predicted octanol–water partition coefficient (Wildman–Crippen LogP) is 3.10. The summed E-state index contributed by atoms with van der Waals surface area (Å²) in [6, 6.07) is 14.9. The van der Waals surface area contributed by atoms with Crippen LogP contribution in [0.25, 0.3) is 0 Å². The van der Waals surface area contributed by atoms with E-state index >= 15 is 0 Å². The minimum absolute atomic E-state index is 0.0845. The van der Waals surface area contributed by atoms with E-state index in [9.17, 15) is 14.7 Å². The topological polar surface area (TPSA) is 81.7 Å². The fraction of sp³-hybridized carbons (Fsp3) is 0.440. The standard InChI is InChI=1S/C25H31N3O3/c29-22-9-5-4-8-21(22)24(30)27-23(20-6-2-1-3-7-20)25(31)28-16-12-19(13-17-28)18-10-14-26-15-11-18/h1-9,18-19,23,26,29H,10-17H2,(H,27,30). The number of benzene rings is 2. The van der Waals surface area contributed by atoms with Crippen LogP contribution in [0.2, 0.25) is 0 Å². The van der Waals surface area contributed by atoms with Crippen molar-refractivity contribution in [1.29, 1.82) is 0 Å². The van der Waals surface area contributed by atoms with Crippen molar-refractivity contribution in [2.45, 2.75) is 31.7 Å². The van der Waals surface area contributed by atoms with Gasteiger partial charge in [-0.15, -0.1) is 0 Å². The van der Waals surface area contributed by atoms with E-state index in [1.807, 2.05) is 35.2 Å². The molecule has 1 unspecified atom stereocenters. The van der Waals surface area contributed by atoms with Crippen LogP contribution in [-0.2, 0) is 4.79 Å². The Morgan fingerprint density at radius 3 is 2.19 bits per heavy atom. The molecule has 2 aromatic carbocycles. The zero-order chi connectivity index (χ0) is 21.6. The number of rotatable bonds is 5. The first-order valence-electron chi connectivity index (χ1n) is 11.3. The summed E-state index contributed by atoms with van der Waals surface area (Å²) in [5.74, 6) is 0.798. The van der Waals surface area contributed by atoms with Gasteiger partial charge in [-0.05, 0) is 68.3 Å². The first-order valence-corrected chi connectivity index (χ1v) is 11.3. The molecule has 0 aromatic heterocycles. The number of phenolic OH excluding ortho intramolecular Hbond substituents is 1. The Morgan fingerprint density at radius 1 is 0.903 bits per heavy atom. The van der Waals surface area contributed by atoms with Gasteiger partial charge in [-0.2, -0.15) is 0 Å². The zero-order valence-corrected chi connectivity index (χ0v) is 17.8. The third kappa shape index (κ3) is 5.07. The van der Waals surface area contributed by atoms with Gasteiger partial charge in [0.2, 0.25) is 5.91 Å². The number of amides is 2. The lowest BCUT2D eigenvalue weighted by Crippen LogP contribution is -2.47. The van der Waals surface area contributed by atoms with Gasteiger partial charge in [0.15, 0.2) is 0 Å². The molecule has 0 bridgehead atoms. The molecule has 164 valence electrons. The average Bonchev–Trinajstić information content (AvgIpc) is 2.83. The van der Waals surface area contributed by atoms with E-state index in [-0.39, 0.29) is 17.2 Å². The highest BCUT2D eigenvalue weighted by Crippen LogP contribution is 2.32. The fourth-order valence-electron chi connectivity index (χ4n) is 4.90. The van der Waals surface area contributed by atoms with Gasteiger partial charge in [-0.3, -0.25) is 9.59 Å². The largest absolute Gasteiger partial charge is 0.507 e. The minimum Gasteiger partial charge on any atom is -0.507 e. The van der Waals surface area contributed by atoms with Crippen LogP contribution in [0, 0.1) is 11.8 Å². The molecule has 2 fully saturated rings. The molecule has 0 saturated carbocycles. The molecule has 0 radical (unpaired) electrons. The summed E-state index contributed by atoms with van der Waals surface area (Å²) >= 11 is 0. The van der Waals surface area contributed by atoms with E-state index in [1.165, 1.54) is 18.9 Å². The Morgan fingerprint density at radius 2 is 1.52 bits per heavy atom. The van der Waals surface area contributed by atoms with Crippen molar-refractivity contribution in [3.05, 3.63) is 65.7 Å². The maximum absolute atomic E-state index is 13.5. The first-order chi connectivity index (χ1) is 15.1. The van der Waals surface area contributed by atoms with Gasteiger partial charge in [0.05, 0.1) is 5.56 Å². The molecule has 0 spiro atoms. The van der Waals surface area contributed by atoms with Crippen LogP contribution < -0.4 is 10.6 Å². The number of piperidine rings is 2. The fourth-order valence-corrected chi connectivity index (χ4v) is 4.90. The van der Waals surface area contributed by atoms with Crippen molar-refractivity contribution >= 4 is 11.8 Å². The van der Waals surface area contributed by atoms with Crippen molar-refractivity contribution in [3.63, 3.8) is 0 Å². The van der Waals surface area contributed by atoms with E-state index in [4.69, 9.17) is 0 Å². The van der Waals surface area contributed by atoms with Crippen LogP contribution in [0.5, 0.6) is 5.75 Å². The number of aromatic hydroxyl groups is 1. The van der Waals surface area contributed by atoms with Crippen molar-refractivity contribution < 1.29 is 14.7 Å². The van der Waals surface area contributed by atoms with E-state index < -0.39 is 11.9 Å². The SMILES string of the molecule is O=C(NC(C(=O)N1CCC(C2CCNCC2)CC1)c1ccccc1)c1ccccc1O. The Kier molecular flexibility index (Phi) is 6.87. The molecule has 0 aliphatic carbocycles. The van der Waals surface area contributed by atoms with Crippen LogP contribution >= 0.6 is 0 Å². The third-order valence-corrected chi connectivity index (χ3v) is 6.71. The Labute approximate surface area is 183 Å². The highest BCUT2D eigenvalue weighted by Gasteiger charge is 2.33. The van der Waals surface area contributed by atoms with Gasteiger partial charge in [-0.25, -0.2) is 0 Å². The summed E-state index contributed by atoms with van der Waals surface area (Å²) in [4.78, 5) is 28.2.